The van der Waals surface area contributed by atoms with Crippen LogP contribution in [-0.2, 0) is 0 Å². The third kappa shape index (κ3) is 2.12. The fourth-order valence-electron chi connectivity index (χ4n) is 3.08. The van der Waals surface area contributed by atoms with E-state index >= 15 is 0 Å². The first-order valence-electron chi connectivity index (χ1n) is 6.19. The summed E-state index contributed by atoms with van der Waals surface area (Å²) in [5.41, 5.74) is 6.62. The van der Waals surface area contributed by atoms with E-state index in [0.29, 0.717) is 11.5 Å². The summed E-state index contributed by atoms with van der Waals surface area (Å²) in [6.07, 6.45) is 8.14. The molecule has 2 atom stereocenters. The molecule has 0 amide bonds. The Balaban J connectivity index is 1.88. The second kappa shape index (κ2) is 4.19. The van der Waals surface area contributed by atoms with Crippen molar-refractivity contribution in [3.8, 4) is 0 Å². The molecule has 82 valence electrons. The fraction of sp³-hybridized carbons (Fsp3) is 1.00. The van der Waals surface area contributed by atoms with Gasteiger partial charge in [0.2, 0.25) is 0 Å². The molecule has 1 saturated heterocycles. The van der Waals surface area contributed by atoms with Crippen LogP contribution in [-0.4, -0.2) is 30.6 Å². The van der Waals surface area contributed by atoms with Gasteiger partial charge in [0.05, 0.1) is 0 Å². The van der Waals surface area contributed by atoms with E-state index in [2.05, 4.69) is 11.8 Å². The lowest BCUT2D eigenvalue weighted by molar-refractivity contribution is 0.133. The lowest BCUT2D eigenvalue weighted by atomic mass is 9.84. The largest absolute Gasteiger partial charge is 0.327 e. The lowest BCUT2D eigenvalue weighted by Gasteiger charge is -2.37. The molecule has 2 heteroatoms. The molecule has 2 N–H and O–H groups in total. The van der Waals surface area contributed by atoms with Crippen LogP contribution < -0.4 is 5.73 Å². The molecule has 0 radical (unpaired) electrons. The maximum absolute atomic E-state index is 6.20. The van der Waals surface area contributed by atoms with Gasteiger partial charge in [-0.2, -0.15) is 0 Å². The summed E-state index contributed by atoms with van der Waals surface area (Å²) in [5.74, 6) is 0. The Kier molecular flexibility index (Phi) is 3.13. The second-order valence-electron chi connectivity index (χ2n) is 5.49. The molecule has 0 spiro atoms. The van der Waals surface area contributed by atoms with Crippen LogP contribution >= 0.6 is 0 Å². The van der Waals surface area contributed by atoms with Gasteiger partial charge in [0.25, 0.3) is 0 Å². The van der Waals surface area contributed by atoms with Crippen LogP contribution in [0.5, 0.6) is 0 Å². The highest BCUT2D eigenvalue weighted by Gasteiger charge is 2.37. The van der Waals surface area contributed by atoms with E-state index in [1.54, 1.807) is 0 Å². The molecular weight excluding hydrogens is 172 g/mol. The molecule has 2 aliphatic rings. The summed E-state index contributed by atoms with van der Waals surface area (Å²) in [4.78, 5) is 2.63. The number of nitrogens with zero attached hydrogens (tertiary/aromatic N) is 1. The smallest absolute Gasteiger partial charge is 0.0105 e. The van der Waals surface area contributed by atoms with Crippen molar-refractivity contribution in [2.24, 2.45) is 11.1 Å². The number of likely N-dealkylation sites (tertiary alicyclic amines) is 1. The molecular formula is C12H24N2. The van der Waals surface area contributed by atoms with Crippen LogP contribution in [0.3, 0.4) is 0 Å². The van der Waals surface area contributed by atoms with Crippen molar-refractivity contribution in [3.63, 3.8) is 0 Å². The Hall–Kier alpha value is -0.0800. The predicted molar refractivity (Wildman–Crippen MR) is 60.2 cm³/mol. The summed E-state index contributed by atoms with van der Waals surface area (Å²) in [6.45, 7) is 6.25. The summed E-state index contributed by atoms with van der Waals surface area (Å²) in [7, 11) is 0. The molecule has 2 unspecified atom stereocenters. The van der Waals surface area contributed by atoms with Gasteiger partial charge in [-0.15, -0.1) is 0 Å². The van der Waals surface area contributed by atoms with E-state index in [9.17, 15) is 0 Å². The maximum Gasteiger partial charge on any atom is 0.0105 e. The fourth-order valence-corrected chi connectivity index (χ4v) is 3.08. The van der Waals surface area contributed by atoms with Gasteiger partial charge in [-0.05, 0) is 44.2 Å². The van der Waals surface area contributed by atoms with Crippen LogP contribution in [0.25, 0.3) is 0 Å². The van der Waals surface area contributed by atoms with Crippen molar-refractivity contribution in [2.75, 3.05) is 19.6 Å². The first kappa shape index (κ1) is 10.4. The average Bonchev–Trinajstić information content (AvgIpc) is 2.48. The van der Waals surface area contributed by atoms with Crippen LogP contribution in [0.2, 0.25) is 0 Å². The van der Waals surface area contributed by atoms with Gasteiger partial charge in [-0.1, -0.05) is 19.8 Å². The van der Waals surface area contributed by atoms with Gasteiger partial charge in [-0.3, -0.25) is 0 Å². The highest BCUT2D eigenvalue weighted by molar-refractivity contribution is 4.93. The Morgan fingerprint density at radius 1 is 1.21 bits per heavy atom. The zero-order valence-corrected chi connectivity index (χ0v) is 9.47. The number of hydrogen-bond acceptors (Lipinski definition) is 2. The quantitative estimate of drug-likeness (QED) is 0.732. The maximum atomic E-state index is 6.20. The van der Waals surface area contributed by atoms with Crippen LogP contribution in [0, 0.1) is 5.41 Å². The van der Waals surface area contributed by atoms with E-state index in [4.69, 9.17) is 5.73 Å². The lowest BCUT2D eigenvalue weighted by Crippen LogP contribution is -2.45. The summed E-state index contributed by atoms with van der Waals surface area (Å²) < 4.78 is 0. The van der Waals surface area contributed by atoms with Crippen LogP contribution in [0.4, 0.5) is 0 Å². The van der Waals surface area contributed by atoms with Crippen molar-refractivity contribution in [3.05, 3.63) is 0 Å². The Bertz CT molecular complexity index is 187. The standard InChI is InChI=1S/C12H24N2/c1-12(7-5-6-11(12)13)10-14-8-3-2-4-9-14/h11H,2-10,13H2,1H3. The Morgan fingerprint density at radius 2 is 1.93 bits per heavy atom. The van der Waals surface area contributed by atoms with E-state index in [1.807, 2.05) is 0 Å². The zero-order valence-electron chi connectivity index (χ0n) is 9.47. The summed E-state index contributed by atoms with van der Waals surface area (Å²) in [5, 5.41) is 0. The number of hydrogen-bond donors (Lipinski definition) is 1. The van der Waals surface area contributed by atoms with Gasteiger partial charge in [-0.25, -0.2) is 0 Å². The minimum atomic E-state index is 0.414. The summed E-state index contributed by atoms with van der Waals surface area (Å²) in [6, 6.07) is 0.449. The van der Waals surface area contributed by atoms with Gasteiger partial charge in [0, 0.05) is 12.6 Å². The van der Waals surface area contributed by atoms with Crippen molar-refractivity contribution in [1.29, 1.82) is 0 Å². The molecule has 1 saturated carbocycles. The first-order valence-corrected chi connectivity index (χ1v) is 6.19. The molecule has 2 rings (SSSR count). The van der Waals surface area contributed by atoms with Crippen molar-refractivity contribution < 1.29 is 0 Å². The van der Waals surface area contributed by atoms with Crippen LogP contribution in [0.1, 0.15) is 45.4 Å². The third-order valence-corrected chi connectivity index (χ3v) is 4.19. The highest BCUT2D eigenvalue weighted by Crippen LogP contribution is 2.37. The molecule has 0 bridgehead atoms. The topological polar surface area (TPSA) is 29.3 Å². The Labute approximate surface area is 87.8 Å². The van der Waals surface area contributed by atoms with Crippen molar-refractivity contribution >= 4 is 0 Å². The molecule has 1 aliphatic carbocycles. The van der Waals surface area contributed by atoms with Gasteiger partial charge < -0.3 is 10.6 Å². The van der Waals surface area contributed by atoms with Gasteiger partial charge in [0.15, 0.2) is 0 Å². The van der Waals surface area contributed by atoms with Crippen LogP contribution in [0.15, 0.2) is 0 Å². The van der Waals surface area contributed by atoms with Gasteiger partial charge >= 0.3 is 0 Å². The normalized spacial score (nSPS) is 40.3. The number of nitrogens with two attached hydrogens (primary N) is 1. The third-order valence-electron chi connectivity index (χ3n) is 4.19. The molecule has 1 heterocycles. The van der Waals surface area contributed by atoms with E-state index in [0.717, 1.165) is 0 Å². The molecule has 2 fully saturated rings. The highest BCUT2D eigenvalue weighted by atomic mass is 15.1. The summed E-state index contributed by atoms with van der Waals surface area (Å²) >= 11 is 0. The second-order valence-corrected chi connectivity index (χ2v) is 5.49. The molecule has 0 aromatic rings. The molecule has 0 aromatic carbocycles. The first-order chi connectivity index (χ1) is 6.71. The number of piperidine rings is 1. The Morgan fingerprint density at radius 3 is 2.50 bits per heavy atom. The molecule has 0 aromatic heterocycles. The van der Waals surface area contributed by atoms with Crippen molar-refractivity contribution in [1.82, 2.24) is 4.90 Å². The molecule has 14 heavy (non-hydrogen) atoms. The SMILES string of the molecule is CC1(CN2CCCCC2)CCCC1N. The molecule has 1 aliphatic heterocycles. The van der Waals surface area contributed by atoms with E-state index in [-0.39, 0.29) is 0 Å². The minimum Gasteiger partial charge on any atom is -0.327 e. The van der Waals surface area contributed by atoms with Crippen molar-refractivity contribution in [2.45, 2.75) is 51.5 Å². The van der Waals surface area contributed by atoms with E-state index < -0.39 is 0 Å². The monoisotopic (exact) mass is 196 g/mol. The minimum absolute atomic E-state index is 0.414. The predicted octanol–water partition coefficient (Wildman–Crippen LogP) is 1.99. The molecule has 2 nitrogen and oxygen atoms in total. The average molecular weight is 196 g/mol. The van der Waals surface area contributed by atoms with Gasteiger partial charge in [0.1, 0.15) is 0 Å². The van der Waals surface area contributed by atoms with E-state index in [1.165, 1.54) is 58.2 Å². The number of rotatable bonds is 2. The zero-order chi connectivity index (χ0) is 10.0.